The first-order valence-electron chi connectivity index (χ1n) is 9.18. The number of carbonyl (C=O) groups excluding carboxylic acids is 1. The largest absolute Gasteiger partial charge is 0.349 e. The number of carbonyl (C=O) groups is 1. The molecular formula is C20H28N4O. The van der Waals surface area contributed by atoms with E-state index in [4.69, 9.17) is 5.10 Å². The summed E-state index contributed by atoms with van der Waals surface area (Å²) in [5, 5.41) is 7.78. The molecule has 0 spiro atoms. The van der Waals surface area contributed by atoms with E-state index in [1.807, 2.05) is 49.1 Å². The first kappa shape index (κ1) is 17.7. The molecule has 2 aromatic rings. The van der Waals surface area contributed by atoms with Crippen LogP contribution in [0.4, 0.5) is 0 Å². The molecule has 1 atom stereocenters. The highest BCUT2D eigenvalue weighted by Crippen LogP contribution is 2.26. The van der Waals surface area contributed by atoms with Crippen LogP contribution in [0.5, 0.6) is 0 Å². The van der Waals surface area contributed by atoms with Gasteiger partial charge in [-0.25, -0.2) is 4.68 Å². The predicted octanol–water partition coefficient (Wildman–Crippen LogP) is 2.82. The van der Waals surface area contributed by atoms with Crippen LogP contribution in [0.25, 0.3) is 5.69 Å². The first-order chi connectivity index (χ1) is 12.1. The summed E-state index contributed by atoms with van der Waals surface area (Å²) in [6.07, 6.45) is 5.42. The molecule has 0 aliphatic heterocycles. The molecule has 1 amide bonds. The number of nitrogens with zero attached hydrogens (tertiary/aromatic N) is 3. The maximum absolute atomic E-state index is 12.8. The van der Waals surface area contributed by atoms with Gasteiger partial charge in [-0.15, -0.1) is 0 Å². The zero-order valence-electron chi connectivity index (χ0n) is 15.5. The van der Waals surface area contributed by atoms with Gasteiger partial charge < -0.3 is 10.2 Å². The second kappa shape index (κ2) is 7.83. The maximum atomic E-state index is 12.8. The molecule has 0 fully saturated rings. The Morgan fingerprint density at radius 2 is 1.92 bits per heavy atom. The number of para-hydroxylation sites is 1. The van der Waals surface area contributed by atoms with Crippen LogP contribution in [0, 0.1) is 0 Å². The van der Waals surface area contributed by atoms with E-state index in [9.17, 15) is 4.79 Å². The molecule has 5 heteroatoms. The summed E-state index contributed by atoms with van der Waals surface area (Å²) in [6.45, 7) is 2.72. The number of benzene rings is 1. The summed E-state index contributed by atoms with van der Waals surface area (Å²) in [5.41, 5.74) is 3.97. The van der Waals surface area contributed by atoms with Gasteiger partial charge in [-0.3, -0.25) is 4.79 Å². The van der Waals surface area contributed by atoms with Crippen molar-refractivity contribution >= 4 is 5.91 Å². The van der Waals surface area contributed by atoms with Crippen LogP contribution >= 0.6 is 0 Å². The van der Waals surface area contributed by atoms with Crippen molar-refractivity contribution in [2.75, 3.05) is 20.6 Å². The Hall–Kier alpha value is -2.14. The van der Waals surface area contributed by atoms with Crippen molar-refractivity contribution in [2.45, 2.75) is 45.1 Å². The lowest BCUT2D eigenvalue weighted by molar-refractivity contribution is 0.0937. The minimum Gasteiger partial charge on any atom is -0.349 e. The number of nitrogens with one attached hydrogen (secondary N) is 1. The van der Waals surface area contributed by atoms with Gasteiger partial charge in [-0.1, -0.05) is 24.6 Å². The zero-order chi connectivity index (χ0) is 17.8. The Balaban J connectivity index is 1.91. The zero-order valence-corrected chi connectivity index (χ0v) is 15.5. The third-order valence-corrected chi connectivity index (χ3v) is 5.09. The van der Waals surface area contributed by atoms with Crippen LogP contribution < -0.4 is 5.32 Å². The van der Waals surface area contributed by atoms with Crippen LogP contribution in [0.1, 0.15) is 47.9 Å². The molecule has 25 heavy (non-hydrogen) atoms. The molecule has 3 rings (SSSR count). The Morgan fingerprint density at radius 3 is 2.64 bits per heavy atom. The van der Waals surface area contributed by atoms with E-state index in [1.165, 1.54) is 12.1 Å². The molecule has 5 nitrogen and oxygen atoms in total. The van der Waals surface area contributed by atoms with Crippen molar-refractivity contribution in [3.05, 3.63) is 47.3 Å². The lowest BCUT2D eigenvalue weighted by atomic mass is 10.1. The van der Waals surface area contributed by atoms with Crippen LogP contribution in [0.2, 0.25) is 0 Å². The number of hydrogen-bond acceptors (Lipinski definition) is 3. The Bertz CT molecular complexity index is 721. The maximum Gasteiger partial charge on any atom is 0.272 e. The molecule has 0 bridgehead atoms. The fraction of sp³-hybridized carbons (Fsp3) is 0.500. The number of amides is 1. The van der Waals surface area contributed by atoms with E-state index in [0.29, 0.717) is 18.3 Å². The smallest absolute Gasteiger partial charge is 0.272 e. The molecule has 1 aliphatic carbocycles. The Labute approximate surface area is 150 Å². The highest BCUT2D eigenvalue weighted by Gasteiger charge is 2.24. The lowest BCUT2D eigenvalue weighted by Gasteiger charge is -2.19. The SMILES string of the molecule is C[C@@H](CNC(=O)c1nn(-c2ccccc2)c2c1CCCCC2)N(C)C. The van der Waals surface area contributed by atoms with Gasteiger partial charge in [0.1, 0.15) is 0 Å². The highest BCUT2D eigenvalue weighted by molar-refractivity contribution is 5.94. The molecule has 0 saturated heterocycles. The fourth-order valence-corrected chi connectivity index (χ4v) is 3.25. The van der Waals surface area contributed by atoms with E-state index >= 15 is 0 Å². The lowest BCUT2D eigenvalue weighted by Crippen LogP contribution is -2.38. The first-order valence-corrected chi connectivity index (χ1v) is 9.18. The molecule has 0 unspecified atom stereocenters. The molecule has 1 aliphatic rings. The second-order valence-electron chi connectivity index (χ2n) is 7.10. The van der Waals surface area contributed by atoms with Gasteiger partial charge in [0.2, 0.25) is 0 Å². The second-order valence-corrected chi connectivity index (χ2v) is 7.10. The fourth-order valence-electron chi connectivity index (χ4n) is 3.25. The predicted molar refractivity (Wildman–Crippen MR) is 100 cm³/mol. The Kier molecular flexibility index (Phi) is 5.53. The summed E-state index contributed by atoms with van der Waals surface area (Å²) < 4.78 is 1.98. The molecule has 0 radical (unpaired) electrons. The van der Waals surface area contributed by atoms with Crippen LogP contribution in [0.15, 0.2) is 30.3 Å². The standard InChI is InChI=1S/C20H28N4O/c1-15(23(2)3)14-21-20(25)19-17-12-8-5-9-13-18(17)24(22-19)16-10-6-4-7-11-16/h4,6-7,10-11,15H,5,8-9,12-14H2,1-3H3,(H,21,25)/t15-/m0/s1. The van der Waals surface area contributed by atoms with Crippen molar-refractivity contribution in [3.63, 3.8) is 0 Å². The van der Waals surface area contributed by atoms with E-state index in [0.717, 1.165) is 36.9 Å². The third-order valence-electron chi connectivity index (χ3n) is 5.09. The van der Waals surface area contributed by atoms with Crippen LogP contribution in [0.3, 0.4) is 0 Å². The molecular weight excluding hydrogens is 312 g/mol. The molecule has 1 aromatic heterocycles. The van der Waals surface area contributed by atoms with Gasteiger partial charge in [-0.05, 0) is 58.8 Å². The van der Waals surface area contributed by atoms with Gasteiger partial charge >= 0.3 is 0 Å². The van der Waals surface area contributed by atoms with Gasteiger partial charge in [0.25, 0.3) is 5.91 Å². The topological polar surface area (TPSA) is 50.2 Å². The molecule has 0 saturated carbocycles. The summed E-state index contributed by atoms with van der Waals surface area (Å²) in [6, 6.07) is 10.4. The molecule has 1 heterocycles. The average Bonchev–Trinajstić information content (AvgIpc) is 2.81. The highest BCUT2D eigenvalue weighted by atomic mass is 16.2. The molecule has 1 aromatic carbocycles. The van der Waals surface area contributed by atoms with Crippen molar-refractivity contribution < 1.29 is 4.79 Å². The van der Waals surface area contributed by atoms with Gasteiger partial charge in [0.15, 0.2) is 5.69 Å². The van der Waals surface area contributed by atoms with Crippen LogP contribution in [-0.4, -0.2) is 47.3 Å². The minimum absolute atomic E-state index is 0.0541. The monoisotopic (exact) mass is 340 g/mol. The van der Waals surface area contributed by atoms with Crippen molar-refractivity contribution in [1.29, 1.82) is 0 Å². The van der Waals surface area contributed by atoms with Crippen molar-refractivity contribution in [2.24, 2.45) is 0 Å². The van der Waals surface area contributed by atoms with Gasteiger partial charge in [-0.2, -0.15) is 5.10 Å². The van der Waals surface area contributed by atoms with E-state index in [1.54, 1.807) is 0 Å². The number of aromatic nitrogens is 2. The van der Waals surface area contributed by atoms with Gasteiger partial charge in [0, 0.05) is 23.8 Å². The third kappa shape index (κ3) is 3.93. The van der Waals surface area contributed by atoms with E-state index < -0.39 is 0 Å². The van der Waals surface area contributed by atoms with Crippen molar-refractivity contribution in [1.82, 2.24) is 20.0 Å². The number of rotatable bonds is 5. The van der Waals surface area contributed by atoms with E-state index in [2.05, 4.69) is 17.1 Å². The van der Waals surface area contributed by atoms with Crippen molar-refractivity contribution in [3.8, 4) is 5.69 Å². The summed E-state index contributed by atoms with van der Waals surface area (Å²) in [5.74, 6) is -0.0541. The quantitative estimate of drug-likeness (QED) is 0.852. The number of fused-ring (bicyclic) bond motifs is 1. The normalized spacial score (nSPS) is 15.5. The summed E-state index contributed by atoms with van der Waals surface area (Å²) >= 11 is 0. The minimum atomic E-state index is -0.0541. The number of likely N-dealkylation sites (N-methyl/N-ethyl adjacent to an activating group) is 1. The average molecular weight is 340 g/mol. The number of hydrogen-bond donors (Lipinski definition) is 1. The Morgan fingerprint density at radius 1 is 1.20 bits per heavy atom. The van der Waals surface area contributed by atoms with Gasteiger partial charge in [0.05, 0.1) is 5.69 Å². The molecule has 134 valence electrons. The van der Waals surface area contributed by atoms with E-state index in [-0.39, 0.29) is 5.91 Å². The van der Waals surface area contributed by atoms with Crippen LogP contribution in [-0.2, 0) is 12.8 Å². The summed E-state index contributed by atoms with van der Waals surface area (Å²) in [4.78, 5) is 14.9. The summed E-state index contributed by atoms with van der Waals surface area (Å²) in [7, 11) is 4.04. The molecule has 1 N–H and O–H groups in total.